The molecule has 0 aliphatic carbocycles. The minimum Gasteiger partial charge on any atom is -0.487 e. The van der Waals surface area contributed by atoms with E-state index in [9.17, 15) is 0 Å². The Bertz CT molecular complexity index is 345. The monoisotopic (exact) mass is 233 g/mol. The lowest BCUT2D eigenvalue weighted by molar-refractivity contribution is 0.131. The topological polar surface area (TPSA) is 35.2 Å². The number of nitrogens with two attached hydrogens (primary N) is 1. The Morgan fingerprint density at radius 1 is 1.14 bits per heavy atom. The van der Waals surface area contributed by atoms with E-state index >= 15 is 0 Å². The predicted molar refractivity (Wildman–Crippen MR) is 61.3 cm³/mol. The van der Waals surface area contributed by atoms with Crippen LogP contribution < -0.4 is 10.5 Å². The molecule has 2 N–H and O–H groups in total. The number of hydrogen-bond acceptors (Lipinski definition) is 2. The summed E-state index contributed by atoms with van der Waals surface area (Å²) in [5.74, 6) is 0.557. The van der Waals surface area contributed by atoms with Crippen LogP contribution in [-0.4, -0.2) is 5.60 Å². The van der Waals surface area contributed by atoms with Crippen LogP contribution in [0.2, 0.25) is 10.0 Å². The lowest BCUT2D eigenvalue weighted by atomic mass is 10.2. The van der Waals surface area contributed by atoms with Crippen LogP contribution in [0.5, 0.6) is 5.75 Å². The molecule has 2 nitrogen and oxygen atoms in total. The van der Waals surface area contributed by atoms with Gasteiger partial charge in [-0.3, -0.25) is 0 Å². The summed E-state index contributed by atoms with van der Waals surface area (Å²) < 4.78 is 5.60. The number of benzene rings is 1. The highest BCUT2D eigenvalue weighted by atomic mass is 35.5. The molecular weight excluding hydrogens is 221 g/mol. The van der Waals surface area contributed by atoms with Crippen molar-refractivity contribution in [2.75, 3.05) is 5.73 Å². The highest BCUT2D eigenvalue weighted by Gasteiger charge is 2.15. The average molecular weight is 234 g/mol. The Hall–Kier alpha value is -0.600. The number of nitrogen functional groups attached to an aromatic ring is 1. The van der Waals surface area contributed by atoms with Crippen molar-refractivity contribution < 1.29 is 4.74 Å². The third kappa shape index (κ3) is 2.96. The van der Waals surface area contributed by atoms with Crippen LogP contribution in [0.4, 0.5) is 5.69 Å². The molecule has 1 aromatic carbocycles. The highest BCUT2D eigenvalue weighted by Crippen LogP contribution is 2.34. The lowest BCUT2D eigenvalue weighted by Crippen LogP contribution is -2.23. The van der Waals surface area contributed by atoms with Gasteiger partial charge in [-0.15, -0.1) is 0 Å². The van der Waals surface area contributed by atoms with Crippen molar-refractivity contribution in [1.82, 2.24) is 0 Å². The van der Waals surface area contributed by atoms with E-state index in [1.54, 1.807) is 12.1 Å². The summed E-state index contributed by atoms with van der Waals surface area (Å²) in [6.07, 6.45) is 0. The van der Waals surface area contributed by atoms with E-state index in [2.05, 4.69) is 0 Å². The molecule has 0 aliphatic heterocycles. The second kappa shape index (κ2) is 3.87. The zero-order valence-corrected chi connectivity index (χ0v) is 9.91. The zero-order chi connectivity index (χ0) is 10.9. The fraction of sp³-hybridized carbons (Fsp3) is 0.400. The quantitative estimate of drug-likeness (QED) is 0.751. The summed E-state index contributed by atoms with van der Waals surface area (Å²) in [7, 11) is 0. The number of hydrogen-bond donors (Lipinski definition) is 1. The van der Waals surface area contributed by atoms with E-state index in [0.717, 1.165) is 0 Å². The highest BCUT2D eigenvalue weighted by molar-refractivity contribution is 6.37. The second-order valence-electron chi connectivity index (χ2n) is 4.02. The van der Waals surface area contributed by atoms with Crippen LogP contribution in [0.1, 0.15) is 20.8 Å². The van der Waals surface area contributed by atoms with Gasteiger partial charge in [-0.2, -0.15) is 0 Å². The van der Waals surface area contributed by atoms with E-state index in [1.807, 2.05) is 20.8 Å². The first-order valence-corrected chi connectivity index (χ1v) is 4.99. The molecule has 4 heteroatoms. The normalized spacial score (nSPS) is 11.5. The third-order valence-corrected chi connectivity index (χ3v) is 2.09. The molecule has 0 saturated carbocycles. The molecule has 14 heavy (non-hydrogen) atoms. The first kappa shape index (κ1) is 11.5. The van der Waals surface area contributed by atoms with Gasteiger partial charge >= 0.3 is 0 Å². The van der Waals surface area contributed by atoms with Crippen molar-refractivity contribution in [3.63, 3.8) is 0 Å². The molecule has 0 aromatic heterocycles. The van der Waals surface area contributed by atoms with Gasteiger partial charge in [0.25, 0.3) is 0 Å². The Kier molecular flexibility index (Phi) is 3.17. The second-order valence-corrected chi connectivity index (χ2v) is 4.83. The molecule has 0 saturated heterocycles. The van der Waals surface area contributed by atoms with Crippen LogP contribution in [-0.2, 0) is 0 Å². The summed E-state index contributed by atoms with van der Waals surface area (Å²) >= 11 is 11.7. The van der Waals surface area contributed by atoms with Gasteiger partial charge < -0.3 is 10.5 Å². The predicted octanol–water partition coefficient (Wildman–Crippen LogP) is 3.75. The molecule has 1 aromatic rings. The molecule has 0 atom stereocenters. The summed E-state index contributed by atoms with van der Waals surface area (Å²) in [6.45, 7) is 5.82. The lowest BCUT2D eigenvalue weighted by Gasteiger charge is -2.22. The molecule has 0 aliphatic rings. The van der Waals surface area contributed by atoms with E-state index in [4.69, 9.17) is 33.7 Å². The molecule has 0 fully saturated rings. The van der Waals surface area contributed by atoms with Crippen molar-refractivity contribution in [3.05, 3.63) is 22.2 Å². The number of anilines is 1. The molecule has 78 valence electrons. The maximum absolute atomic E-state index is 5.94. The van der Waals surface area contributed by atoms with Gasteiger partial charge in [-0.25, -0.2) is 0 Å². The summed E-state index contributed by atoms with van der Waals surface area (Å²) in [4.78, 5) is 0. The smallest absolute Gasteiger partial charge is 0.140 e. The Morgan fingerprint density at radius 3 is 2.21 bits per heavy atom. The molecule has 0 spiro atoms. The first-order chi connectivity index (χ1) is 6.29. The van der Waals surface area contributed by atoms with Crippen LogP contribution in [0.3, 0.4) is 0 Å². The van der Waals surface area contributed by atoms with E-state index in [-0.39, 0.29) is 5.60 Å². The number of halogens is 2. The van der Waals surface area contributed by atoms with Crippen molar-refractivity contribution in [2.24, 2.45) is 0 Å². The maximum Gasteiger partial charge on any atom is 0.140 e. The molecule has 0 unspecified atom stereocenters. The SMILES string of the molecule is CC(C)(C)Oc1cc(N)c(Cl)cc1Cl. The van der Waals surface area contributed by atoms with E-state index in [0.29, 0.717) is 21.5 Å². The van der Waals surface area contributed by atoms with Crippen LogP contribution in [0.15, 0.2) is 12.1 Å². The van der Waals surface area contributed by atoms with Crippen LogP contribution in [0.25, 0.3) is 0 Å². The standard InChI is InChI=1S/C10H13Cl2NO/c1-10(2,3)14-9-5-8(13)6(11)4-7(9)12/h4-5H,13H2,1-3H3. The van der Waals surface area contributed by atoms with Gasteiger partial charge in [-0.1, -0.05) is 23.2 Å². The minimum absolute atomic E-state index is 0.302. The third-order valence-electron chi connectivity index (χ3n) is 1.47. The van der Waals surface area contributed by atoms with Crippen LogP contribution in [0, 0.1) is 0 Å². The molecule has 0 bridgehead atoms. The van der Waals surface area contributed by atoms with Gasteiger partial charge in [0.2, 0.25) is 0 Å². The molecular formula is C10H13Cl2NO. The van der Waals surface area contributed by atoms with E-state index in [1.165, 1.54) is 0 Å². The van der Waals surface area contributed by atoms with Crippen molar-refractivity contribution in [1.29, 1.82) is 0 Å². The number of rotatable bonds is 1. The van der Waals surface area contributed by atoms with Gasteiger partial charge in [0.15, 0.2) is 0 Å². The van der Waals surface area contributed by atoms with Crippen LogP contribution >= 0.6 is 23.2 Å². The minimum atomic E-state index is -0.302. The molecule has 0 heterocycles. The van der Waals surface area contributed by atoms with Gasteiger partial charge in [0, 0.05) is 6.07 Å². The van der Waals surface area contributed by atoms with Crippen molar-refractivity contribution >= 4 is 28.9 Å². The average Bonchev–Trinajstić information content (AvgIpc) is 1.97. The summed E-state index contributed by atoms with van der Waals surface area (Å²) in [6, 6.07) is 3.22. The Balaban J connectivity index is 3.04. The maximum atomic E-state index is 5.94. The van der Waals surface area contributed by atoms with Crippen molar-refractivity contribution in [3.8, 4) is 5.75 Å². The zero-order valence-electron chi connectivity index (χ0n) is 8.40. The fourth-order valence-corrected chi connectivity index (χ4v) is 1.37. The van der Waals surface area contributed by atoms with Gasteiger partial charge in [0.1, 0.15) is 11.4 Å². The largest absolute Gasteiger partial charge is 0.487 e. The Morgan fingerprint density at radius 2 is 1.71 bits per heavy atom. The fourth-order valence-electron chi connectivity index (χ4n) is 0.953. The van der Waals surface area contributed by atoms with Gasteiger partial charge in [-0.05, 0) is 26.8 Å². The van der Waals surface area contributed by atoms with Gasteiger partial charge in [0.05, 0.1) is 15.7 Å². The molecule has 0 amide bonds. The first-order valence-electron chi connectivity index (χ1n) is 4.23. The molecule has 0 radical (unpaired) electrons. The number of ether oxygens (including phenoxy) is 1. The van der Waals surface area contributed by atoms with Crippen molar-refractivity contribution in [2.45, 2.75) is 26.4 Å². The summed E-state index contributed by atoms with van der Waals surface area (Å²) in [5.41, 5.74) is 5.80. The summed E-state index contributed by atoms with van der Waals surface area (Å²) in [5, 5.41) is 0.912. The molecule has 1 rings (SSSR count). The van der Waals surface area contributed by atoms with E-state index < -0.39 is 0 Å². The Labute approximate surface area is 94.0 Å².